The topological polar surface area (TPSA) is 92.1 Å². The Bertz CT molecular complexity index is 1580. The summed E-state index contributed by atoms with van der Waals surface area (Å²) in [6.07, 6.45) is 3.59. The monoisotopic (exact) mass is 558 g/mol. The average molecular weight is 559 g/mol. The van der Waals surface area contributed by atoms with E-state index in [0.717, 1.165) is 40.7 Å². The number of carbonyl (C=O) groups excluding carboxylic acids is 2. The zero-order chi connectivity index (χ0) is 27.8. The van der Waals surface area contributed by atoms with Crippen LogP contribution in [0.4, 0.5) is 11.5 Å². The van der Waals surface area contributed by atoms with E-state index in [9.17, 15) is 9.59 Å². The normalized spacial score (nSPS) is 17.1. The van der Waals surface area contributed by atoms with Crippen molar-refractivity contribution in [1.29, 1.82) is 0 Å². The number of aryl methyl sites for hydroxylation is 1. The predicted octanol–water partition coefficient (Wildman–Crippen LogP) is 4.50. The van der Waals surface area contributed by atoms with Crippen LogP contribution in [0.15, 0.2) is 54.7 Å². The van der Waals surface area contributed by atoms with E-state index in [2.05, 4.69) is 57.6 Å². The largest absolute Gasteiger partial charge is 0.378 e. The van der Waals surface area contributed by atoms with Gasteiger partial charge in [0.05, 0.1) is 18.8 Å². The smallest absolute Gasteiger partial charge is 0.253 e. The molecule has 206 valence electrons. The van der Waals surface area contributed by atoms with Crippen LogP contribution in [0.1, 0.15) is 41.8 Å². The lowest BCUT2D eigenvalue weighted by Gasteiger charge is -2.34. The van der Waals surface area contributed by atoms with Gasteiger partial charge in [-0.25, -0.2) is 4.52 Å². The second-order valence-corrected chi connectivity index (χ2v) is 10.7. The number of aromatic nitrogens is 3. The summed E-state index contributed by atoms with van der Waals surface area (Å²) in [6.45, 7) is 6.75. The number of nitrogens with zero attached hydrogens (tertiary/aromatic N) is 5. The Kier molecular flexibility index (Phi) is 7.16. The molecule has 1 fully saturated rings. The molecule has 0 saturated carbocycles. The molecule has 0 radical (unpaired) electrons. The molecule has 9 nitrogen and oxygen atoms in total. The van der Waals surface area contributed by atoms with Crippen molar-refractivity contribution in [3.8, 4) is 11.1 Å². The van der Waals surface area contributed by atoms with Crippen LogP contribution in [0.25, 0.3) is 16.6 Å². The minimum Gasteiger partial charge on any atom is -0.378 e. The number of rotatable bonds is 5. The number of halogens is 1. The van der Waals surface area contributed by atoms with Crippen molar-refractivity contribution in [2.75, 3.05) is 36.1 Å². The zero-order valence-electron chi connectivity index (χ0n) is 22.6. The predicted molar refractivity (Wildman–Crippen MR) is 155 cm³/mol. The highest BCUT2D eigenvalue weighted by Crippen LogP contribution is 2.34. The SMILES string of the molecule is CC(=O)N1c2ccc(-c3ccc(CNC(=O)c4cc5c(N6CCOCC6)nc(Cl)nn5c4)cc3)cc2CC[C@@H]1C. The van der Waals surface area contributed by atoms with E-state index in [1.165, 1.54) is 5.56 Å². The molecule has 2 aromatic carbocycles. The van der Waals surface area contributed by atoms with Gasteiger partial charge >= 0.3 is 0 Å². The maximum atomic E-state index is 13.0. The fourth-order valence-corrected chi connectivity index (χ4v) is 5.76. The van der Waals surface area contributed by atoms with Gasteiger partial charge in [-0.15, -0.1) is 5.10 Å². The summed E-state index contributed by atoms with van der Waals surface area (Å²) in [4.78, 5) is 33.6. The van der Waals surface area contributed by atoms with Crippen LogP contribution >= 0.6 is 11.6 Å². The maximum Gasteiger partial charge on any atom is 0.253 e. The van der Waals surface area contributed by atoms with Crippen LogP contribution in [0.2, 0.25) is 5.28 Å². The summed E-state index contributed by atoms with van der Waals surface area (Å²) in [5.74, 6) is 0.580. The van der Waals surface area contributed by atoms with Gasteiger partial charge in [-0.3, -0.25) is 9.59 Å². The number of anilines is 2. The standard InChI is InChI=1S/C30H31ClN6O3/c1-19-3-6-24-15-23(9-10-26(24)37(19)20(2)38)22-7-4-21(5-8-22)17-32-29(39)25-16-27-28(35-11-13-40-14-12-35)33-30(31)34-36(27)18-25/h4-5,7-10,15-16,18-19H,3,6,11-14,17H2,1-2H3,(H,32,39)/t19-/m0/s1. The lowest BCUT2D eigenvalue weighted by atomic mass is 9.93. The molecule has 2 amide bonds. The van der Waals surface area contributed by atoms with Crippen molar-refractivity contribution in [3.63, 3.8) is 0 Å². The van der Waals surface area contributed by atoms with Crippen LogP contribution in [-0.2, 0) is 22.5 Å². The molecule has 0 bridgehead atoms. The second-order valence-electron chi connectivity index (χ2n) is 10.4. The van der Waals surface area contributed by atoms with E-state index in [1.807, 2.05) is 17.0 Å². The Labute approximate surface area is 237 Å². The number of hydrogen-bond donors (Lipinski definition) is 1. The number of amides is 2. The molecule has 4 heterocycles. The first-order chi connectivity index (χ1) is 19.4. The Balaban J connectivity index is 1.14. The number of nitrogens with one attached hydrogen (secondary N) is 1. The molecule has 0 aliphatic carbocycles. The highest BCUT2D eigenvalue weighted by molar-refractivity contribution is 6.28. The van der Waals surface area contributed by atoms with Crippen molar-refractivity contribution in [2.45, 2.75) is 39.3 Å². The Morgan fingerprint density at radius 3 is 2.58 bits per heavy atom. The average Bonchev–Trinajstić information content (AvgIpc) is 3.40. The van der Waals surface area contributed by atoms with Crippen LogP contribution < -0.4 is 15.1 Å². The molecule has 1 N–H and O–H groups in total. The van der Waals surface area contributed by atoms with Gasteiger partial charge < -0.3 is 19.9 Å². The molecule has 2 aromatic heterocycles. The molecule has 1 atom stereocenters. The van der Waals surface area contributed by atoms with E-state index in [-0.39, 0.29) is 23.1 Å². The summed E-state index contributed by atoms with van der Waals surface area (Å²) in [7, 11) is 0. The molecule has 2 aliphatic rings. The summed E-state index contributed by atoms with van der Waals surface area (Å²) < 4.78 is 7.06. The minimum absolute atomic E-state index is 0.0790. The summed E-state index contributed by atoms with van der Waals surface area (Å²) in [6, 6.07) is 16.5. The molecule has 6 rings (SSSR count). The van der Waals surface area contributed by atoms with Crippen LogP contribution in [0.3, 0.4) is 0 Å². The first-order valence-corrected chi connectivity index (χ1v) is 13.9. The van der Waals surface area contributed by atoms with Crippen molar-refractivity contribution in [3.05, 3.63) is 76.7 Å². The summed E-state index contributed by atoms with van der Waals surface area (Å²) in [5.41, 5.74) is 6.63. The number of hydrogen-bond acceptors (Lipinski definition) is 6. The van der Waals surface area contributed by atoms with E-state index >= 15 is 0 Å². The first kappa shape index (κ1) is 26.3. The summed E-state index contributed by atoms with van der Waals surface area (Å²) >= 11 is 6.17. The van der Waals surface area contributed by atoms with Crippen LogP contribution in [0.5, 0.6) is 0 Å². The van der Waals surface area contributed by atoms with E-state index < -0.39 is 0 Å². The van der Waals surface area contributed by atoms with Gasteiger partial charge in [0.2, 0.25) is 11.2 Å². The van der Waals surface area contributed by atoms with Gasteiger partial charge in [0.25, 0.3) is 5.91 Å². The zero-order valence-corrected chi connectivity index (χ0v) is 23.3. The number of morpholine rings is 1. The number of ether oxygens (including phenoxy) is 1. The fourth-order valence-electron chi connectivity index (χ4n) is 5.60. The number of carbonyl (C=O) groups is 2. The Hall–Kier alpha value is -3.95. The molecule has 10 heteroatoms. The highest BCUT2D eigenvalue weighted by Gasteiger charge is 2.26. The van der Waals surface area contributed by atoms with Crippen molar-refractivity contribution < 1.29 is 14.3 Å². The van der Waals surface area contributed by atoms with Gasteiger partial charge in [0.1, 0.15) is 5.52 Å². The minimum atomic E-state index is -0.197. The van der Waals surface area contributed by atoms with Gasteiger partial charge in [0.15, 0.2) is 5.82 Å². The molecule has 40 heavy (non-hydrogen) atoms. The van der Waals surface area contributed by atoms with Crippen LogP contribution in [0, 0.1) is 0 Å². The molecular formula is C30H31ClN6O3. The first-order valence-electron chi connectivity index (χ1n) is 13.6. The van der Waals surface area contributed by atoms with Gasteiger partial charge in [-0.1, -0.05) is 30.3 Å². The van der Waals surface area contributed by atoms with Gasteiger partial charge in [-0.2, -0.15) is 4.98 Å². The lowest BCUT2D eigenvalue weighted by molar-refractivity contribution is -0.117. The van der Waals surface area contributed by atoms with Gasteiger partial charge in [-0.05, 0) is 71.8 Å². The highest BCUT2D eigenvalue weighted by atomic mass is 35.5. The fraction of sp³-hybridized carbons (Fsp3) is 0.333. The second kappa shape index (κ2) is 10.9. The maximum absolute atomic E-state index is 13.0. The van der Waals surface area contributed by atoms with Crippen molar-refractivity contribution in [1.82, 2.24) is 19.9 Å². The Morgan fingerprint density at radius 2 is 1.82 bits per heavy atom. The van der Waals surface area contributed by atoms with Crippen LogP contribution in [-0.4, -0.2) is 58.8 Å². The van der Waals surface area contributed by atoms with Crippen molar-refractivity contribution in [2.24, 2.45) is 0 Å². The quantitative estimate of drug-likeness (QED) is 0.388. The number of fused-ring (bicyclic) bond motifs is 2. The molecular weight excluding hydrogens is 528 g/mol. The molecule has 2 aliphatic heterocycles. The third kappa shape index (κ3) is 5.14. The molecule has 0 unspecified atom stereocenters. The Morgan fingerprint density at radius 1 is 1.07 bits per heavy atom. The summed E-state index contributed by atoms with van der Waals surface area (Å²) in [5, 5.41) is 7.38. The van der Waals surface area contributed by atoms with E-state index in [0.29, 0.717) is 44.2 Å². The lowest BCUT2D eigenvalue weighted by Crippen LogP contribution is -2.40. The van der Waals surface area contributed by atoms with E-state index in [4.69, 9.17) is 16.3 Å². The molecule has 0 spiro atoms. The van der Waals surface area contributed by atoms with Crippen molar-refractivity contribution >= 4 is 40.4 Å². The number of benzene rings is 2. The van der Waals surface area contributed by atoms with Gasteiger partial charge in [0, 0.05) is 44.5 Å². The van der Waals surface area contributed by atoms with E-state index in [1.54, 1.807) is 23.7 Å². The molecule has 1 saturated heterocycles. The molecule has 4 aromatic rings. The third-order valence-electron chi connectivity index (χ3n) is 7.68. The third-order valence-corrected chi connectivity index (χ3v) is 7.84.